The first-order valence-corrected chi connectivity index (χ1v) is 7.55. The number of nitrogens with one attached hydrogen (secondary N) is 2. The fourth-order valence-corrected chi connectivity index (χ4v) is 2.75. The Balaban J connectivity index is 1.58. The van der Waals surface area contributed by atoms with E-state index in [2.05, 4.69) is 15.4 Å². The number of rotatable bonds is 5. The molecule has 0 atom stereocenters. The molecule has 5 nitrogen and oxygen atoms in total. The minimum absolute atomic E-state index is 0.174. The predicted octanol–water partition coefficient (Wildman–Crippen LogP) is 2.92. The van der Waals surface area contributed by atoms with Gasteiger partial charge in [-0.05, 0) is 24.5 Å². The molecule has 0 spiro atoms. The summed E-state index contributed by atoms with van der Waals surface area (Å²) >= 11 is 6.26. The van der Waals surface area contributed by atoms with E-state index in [4.69, 9.17) is 11.6 Å². The number of carbonyl (C=O) groups excluding carboxylic acids is 1. The van der Waals surface area contributed by atoms with Crippen LogP contribution in [-0.2, 0) is 13.5 Å². The molecule has 22 heavy (non-hydrogen) atoms. The number of benzene rings is 1. The largest absolute Gasteiger partial charge is 0.351 e. The van der Waals surface area contributed by atoms with Gasteiger partial charge in [-0.2, -0.15) is 5.10 Å². The molecule has 0 aliphatic carbocycles. The van der Waals surface area contributed by atoms with Crippen LogP contribution in [0.3, 0.4) is 0 Å². The first kappa shape index (κ1) is 14.7. The first-order chi connectivity index (χ1) is 10.6. The van der Waals surface area contributed by atoms with Crippen LogP contribution in [0, 0.1) is 0 Å². The average Bonchev–Trinajstić information content (AvgIpc) is 3.08. The molecule has 0 saturated carbocycles. The Bertz CT molecular complexity index is 805. The monoisotopic (exact) mass is 316 g/mol. The second-order valence-corrected chi connectivity index (χ2v) is 5.62. The Morgan fingerprint density at radius 2 is 2.23 bits per heavy atom. The number of aromatic amines is 1. The number of halogens is 1. The summed E-state index contributed by atoms with van der Waals surface area (Å²) < 4.78 is 1.78. The Hall–Kier alpha value is -2.27. The van der Waals surface area contributed by atoms with Crippen molar-refractivity contribution in [2.45, 2.75) is 12.8 Å². The zero-order valence-electron chi connectivity index (χ0n) is 12.3. The number of fused-ring (bicyclic) bond motifs is 1. The maximum atomic E-state index is 12.2. The molecule has 0 aliphatic heterocycles. The van der Waals surface area contributed by atoms with Crippen molar-refractivity contribution in [1.82, 2.24) is 20.1 Å². The molecule has 0 fully saturated rings. The molecular formula is C16H17ClN4O. The van der Waals surface area contributed by atoms with Gasteiger partial charge < -0.3 is 10.3 Å². The molecule has 2 N–H and O–H groups in total. The zero-order valence-corrected chi connectivity index (χ0v) is 13.0. The van der Waals surface area contributed by atoms with Gasteiger partial charge in [-0.3, -0.25) is 9.48 Å². The fourth-order valence-electron chi connectivity index (χ4n) is 2.45. The minimum atomic E-state index is -0.174. The van der Waals surface area contributed by atoms with E-state index in [-0.39, 0.29) is 5.91 Å². The van der Waals surface area contributed by atoms with Crippen LogP contribution in [0.25, 0.3) is 10.9 Å². The van der Waals surface area contributed by atoms with Gasteiger partial charge in [-0.25, -0.2) is 0 Å². The SMILES string of the molecule is Cn1cc(CCCNC(=O)c2[nH]c3ccccc3c2Cl)cn1. The summed E-state index contributed by atoms with van der Waals surface area (Å²) in [7, 11) is 1.89. The van der Waals surface area contributed by atoms with Gasteiger partial charge in [0.2, 0.25) is 0 Å². The second-order valence-electron chi connectivity index (χ2n) is 5.24. The lowest BCUT2D eigenvalue weighted by Gasteiger charge is -2.03. The van der Waals surface area contributed by atoms with Gasteiger partial charge in [0, 0.05) is 30.7 Å². The van der Waals surface area contributed by atoms with Gasteiger partial charge in [-0.15, -0.1) is 0 Å². The molecule has 3 rings (SSSR count). The molecule has 0 bridgehead atoms. The summed E-state index contributed by atoms with van der Waals surface area (Å²) in [6.07, 6.45) is 5.57. The Labute approximate surface area is 133 Å². The molecular weight excluding hydrogens is 300 g/mol. The van der Waals surface area contributed by atoms with Crippen LogP contribution >= 0.6 is 11.6 Å². The van der Waals surface area contributed by atoms with Crippen molar-refractivity contribution in [1.29, 1.82) is 0 Å². The van der Waals surface area contributed by atoms with Crippen molar-refractivity contribution < 1.29 is 4.79 Å². The number of hydrogen-bond donors (Lipinski definition) is 2. The van der Waals surface area contributed by atoms with Crippen LogP contribution in [-0.4, -0.2) is 27.2 Å². The van der Waals surface area contributed by atoms with Crippen LogP contribution < -0.4 is 5.32 Å². The molecule has 0 saturated heterocycles. The molecule has 6 heteroatoms. The molecule has 2 aromatic heterocycles. The van der Waals surface area contributed by atoms with E-state index in [1.54, 1.807) is 4.68 Å². The van der Waals surface area contributed by atoms with Crippen molar-refractivity contribution in [3.05, 3.63) is 52.9 Å². The molecule has 0 radical (unpaired) electrons. The van der Waals surface area contributed by atoms with Crippen LogP contribution in [0.1, 0.15) is 22.5 Å². The van der Waals surface area contributed by atoms with Gasteiger partial charge in [0.05, 0.1) is 11.2 Å². The maximum absolute atomic E-state index is 12.2. The molecule has 2 heterocycles. The van der Waals surface area contributed by atoms with E-state index in [1.807, 2.05) is 43.7 Å². The lowest BCUT2D eigenvalue weighted by Crippen LogP contribution is -2.25. The number of hydrogen-bond acceptors (Lipinski definition) is 2. The smallest absolute Gasteiger partial charge is 0.269 e. The molecule has 1 aromatic carbocycles. The summed E-state index contributed by atoms with van der Waals surface area (Å²) in [6, 6.07) is 7.61. The number of para-hydroxylation sites is 1. The quantitative estimate of drug-likeness (QED) is 0.711. The Kier molecular flexibility index (Phi) is 4.15. The topological polar surface area (TPSA) is 62.7 Å². The molecule has 0 unspecified atom stereocenters. The van der Waals surface area contributed by atoms with E-state index in [0.29, 0.717) is 17.3 Å². The summed E-state index contributed by atoms with van der Waals surface area (Å²) in [6.45, 7) is 0.597. The number of H-pyrrole nitrogens is 1. The summed E-state index contributed by atoms with van der Waals surface area (Å²) in [5.74, 6) is -0.174. The van der Waals surface area contributed by atoms with Crippen LogP contribution in [0.4, 0.5) is 0 Å². The summed E-state index contributed by atoms with van der Waals surface area (Å²) in [4.78, 5) is 15.3. The highest BCUT2D eigenvalue weighted by atomic mass is 35.5. The Morgan fingerprint density at radius 3 is 2.95 bits per heavy atom. The minimum Gasteiger partial charge on any atom is -0.351 e. The van der Waals surface area contributed by atoms with Crippen molar-refractivity contribution >= 4 is 28.4 Å². The highest BCUT2D eigenvalue weighted by molar-refractivity contribution is 6.38. The molecule has 0 aliphatic rings. The van der Waals surface area contributed by atoms with Gasteiger partial charge in [0.1, 0.15) is 5.69 Å². The Morgan fingerprint density at radius 1 is 1.41 bits per heavy atom. The van der Waals surface area contributed by atoms with Crippen molar-refractivity contribution in [3.63, 3.8) is 0 Å². The standard InChI is InChI=1S/C16H17ClN4O/c1-21-10-11(9-19-21)5-4-8-18-16(22)15-14(17)12-6-2-3-7-13(12)20-15/h2-3,6-7,9-10,20H,4-5,8H2,1H3,(H,18,22). The third-order valence-electron chi connectivity index (χ3n) is 3.56. The van der Waals surface area contributed by atoms with E-state index in [1.165, 1.54) is 5.56 Å². The molecule has 1 amide bonds. The highest BCUT2D eigenvalue weighted by Gasteiger charge is 2.15. The highest BCUT2D eigenvalue weighted by Crippen LogP contribution is 2.26. The number of amides is 1. The summed E-state index contributed by atoms with van der Waals surface area (Å²) in [5.41, 5.74) is 2.46. The second kappa shape index (κ2) is 6.23. The van der Waals surface area contributed by atoms with Crippen LogP contribution in [0.2, 0.25) is 5.02 Å². The van der Waals surface area contributed by atoms with Crippen LogP contribution in [0.15, 0.2) is 36.7 Å². The third-order valence-corrected chi connectivity index (χ3v) is 3.95. The van der Waals surface area contributed by atoms with E-state index >= 15 is 0 Å². The fraction of sp³-hybridized carbons (Fsp3) is 0.250. The normalized spacial score (nSPS) is 11.0. The van der Waals surface area contributed by atoms with Gasteiger partial charge in [-0.1, -0.05) is 29.8 Å². The third kappa shape index (κ3) is 2.99. The van der Waals surface area contributed by atoms with Crippen molar-refractivity contribution in [2.75, 3.05) is 6.54 Å². The maximum Gasteiger partial charge on any atom is 0.269 e. The number of aryl methyl sites for hydroxylation is 2. The van der Waals surface area contributed by atoms with Crippen molar-refractivity contribution in [3.8, 4) is 0 Å². The van der Waals surface area contributed by atoms with Gasteiger partial charge in [0.15, 0.2) is 0 Å². The van der Waals surface area contributed by atoms with E-state index < -0.39 is 0 Å². The first-order valence-electron chi connectivity index (χ1n) is 7.17. The predicted molar refractivity (Wildman–Crippen MR) is 87.2 cm³/mol. The summed E-state index contributed by atoms with van der Waals surface area (Å²) in [5, 5.41) is 8.35. The number of carbonyl (C=O) groups is 1. The zero-order chi connectivity index (χ0) is 15.5. The van der Waals surface area contributed by atoms with E-state index in [9.17, 15) is 4.79 Å². The molecule has 114 valence electrons. The average molecular weight is 317 g/mol. The number of nitrogens with zero attached hydrogens (tertiary/aromatic N) is 2. The lowest BCUT2D eigenvalue weighted by atomic mass is 10.2. The number of aromatic nitrogens is 3. The van der Waals surface area contributed by atoms with Crippen LogP contribution in [0.5, 0.6) is 0 Å². The van der Waals surface area contributed by atoms with Gasteiger partial charge >= 0.3 is 0 Å². The van der Waals surface area contributed by atoms with Gasteiger partial charge in [0.25, 0.3) is 5.91 Å². The van der Waals surface area contributed by atoms with Crippen molar-refractivity contribution in [2.24, 2.45) is 7.05 Å². The lowest BCUT2D eigenvalue weighted by molar-refractivity contribution is 0.0949. The van der Waals surface area contributed by atoms with E-state index in [0.717, 1.165) is 23.7 Å². The molecule has 3 aromatic rings.